The first-order chi connectivity index (χ1) is 9.83. The third-order valence-electron chi connectivity index (χ3n) is 3.97. The van der Waals surface area contributed by atoms with Crippen LogP contribution in [0, 0.1) is 0 Å². The first-order valence-electron chi connectivity index (χ1n) is 7.41. The van der Waals surface area contributed by atoms with Crippen LogP contribution in [0.25, 0.3) is 12.3 Å². The predicted molar refractivity (Wildman–Crippen MR) is 85.6 cm³/mol. The second-order valence-electron chi connectivity index (χ2n) is 5.49. The monoisotopic (exact) mass is 263 g/mol. The van der Waals surface area contributed by atoms with E-state index in [1.54, 1.807) is 0 Å². The van der Waals surface area contributed by atoms with Gasteiger partial charge in [-0.05, 0) is 35.8 Å². The first-order valence-corrected chi connectivity index (χ1v) is 7.41. The summed E-state index contributed by atoms with van der Waals surface area (Å²) in [6.07, 6.45) is 7.02. The van der Waals surface area contributed by atoms with E-state index in [-0.39, 0.29) is 0 Å². The first kappa shape index (κ1) is 13.0. The fourth-order valence-electron chi connectivity index (χ4n) is 2.81. The molecular weight excluding hydrogens is 242 g/mol. The molecule has 0 radical (unpaired) electrons. The Labute approximate surface area is 120 Å². The van der Waals surface area contributed by atoms with Gasteiger partial charge in [0.15, 0.2) is 0 Å². The molecule has 0 bridgehead atoms. The molecular formula is C19H21N. The topological polar surface area (TPSA) is 3.24 Å². The van der Waals surface area contributed by atoms with Gasteiger partial charge in [0.25, 0.3) is 0 Å². The summed E-state index contributed by atoms with van der Waals surface area (Å²) in [6.45, 7) is 3.38. The minimum Gasteiger partial charge on any atom is -0.371 e. The molecule has 2 aromatic rings. The molecule has 0 amide bonds. The van der Waals surface area contributed by atoms with E-state index in [2.05, 4.69) is 78.7 Å². The summed E-state index contributed by atoms with van der Waals surface area (Å²) in [5.74, 6) is 0. The van der Waals surface area contributed by atoms with Gasteiger partial charge in [0.05, 0.1) is 0 Å². The molecule has 1 aliphatic rings. The van der Waals surface area contributed by atoms with E-state index in [0.29, 0.717) is 6.04 Å². The van der Waals surface area contributed by atoms with Gasteiger partial charge in [-0.2, -0.15) is 0 Å². The summed E-state index contributed by atoms with van der Waals surface area (Å²) in [4.78, 5) is 2.45. The summed E-state index contributed by atoms with van der Waals surface area (Å²) in [6, 6.07) is 19.9. The maximum atomic E-state index is 2.45. The van der Waals surface area contributed by atoms with Gasteiger partial charge in [-0.3, -0.25) is 0 Å². The van der Waals surface area contributed by atoms with Crippen LogP contribution in [-0.2, 0) is 6.42 Å². The van der Waals surface area contributed by atoms with Crippen molar-refractivity contribution in [2.75, 3.05) is 6.54 Å². The van der Waals surface area contributed by atoms with E-state index < -0.39 is 0 Å². The molecule has 0 aliphatic carbocycles. The van der Waals surface area contributed by atoms with E-state index in [0.717, 1.165) is 13.0 Å². The highest BCUT2D eigenvalue weighted by Crippen LogP contribution is 2.08. The summed E-state index contributed by atoms with van der Waals surface area (Å²) in [5, 5.41) is 2.70. The Morgan fingerprint density at radius 2 is 1.60 bits per heavy atom. The molecule has 1 nitrogen and oxygen atoms in total. The quantitative estimate of drug-likeness (QED) is 0.819. The normalized spacial score (nSPS) is 17.1. The lowest BCUT2D eigenvalue weighted by molar-refractivity contribution is 0.372. The Morgan fingerprint density at radius 3 is 2.40 bits per heavy atom. The SMILES string of the molecule is CC1C=c2ccccc2=CN1CCCc1ccccc1. The van der Waals surface area contributed by atoms with Gasteiger partial charge in [0, 0.05) is 18.8 Å². The summed E-state index contributed by atoms with van der Waals surface area (Å²) in [5.41, 5.74) is 1.43. The Bertz CT molecular complexity index is 672. The van der Waals surface area contributed by atoms with Crippen LogP contribution in [0.3, 0.4) is 0 Å². The zero-order valence-corrected chi connectivity index (χ0v) is 12.0. The van der Waals surface area contributed by atoms with Gasteiger partial charge in [0.1, 0.15) is 0 Å². The van der Waals surface area contributed by atoms with Gasteiger partial charge >= 0.3 is 0 Å². The highest BCUT2D eigenvalue weighted by atomic mass is 15.1. The molecule has 0 N–H and O–H groups in total. The Hall–Kier alpha value is -2.02. The standard InChI is InChI=1S/C19H21N/c1-16-14-18-11-5-6-12-19(18)15-20(16)13-7-10-17-8-3-2-4-9-17/h2-6,8-9,11-12,14-16H,7,10,13H2,1H3. The number of hydrogen-bond acceptors (Lipinski definition) is 1. The number of nitrogens with zero attached hydrogens (tertiary/aromatic N) is 1. The number of hydrogen-bond donors (Lipinski definition) is 0. The van der Waals surface area contributed by atoms with Crippen LogP contribution in [0.4, 0.5) is 0 Å². The number of rotatable bonds is 4. The Kier molecular flexibility index (Phi) is 3.87. The van der Waals surface area contributed by atoms with Crippen molar-refractivity contribution >= 4 is 12.3 Å². The molecule has 2 aromatic carbocycles. The summed E-state index contributed by atoms with van der Waals surface area (Å²) >= 11 is 0. The lowest BCUT2D eigenvalue weighted by atomic mass is 10.1. The second kappa shape index (κ2) is 5.96. The van der Waals surface area contributed by atoms with Crippen molar-refractivity contribution in [1.82, 2.24) is 4.90 Å². The van der Waals surface area contributed by atoms with Crippen LogP contribution in [0.1, 0.15) is 18.9 Å². The molecule has 0 saturated carbocycles. The van der Waals surface area contributed by atoms with Gasteiger partial charge in [-0.15, -0.1) is 0 Å². The molecule has 0 spiro atoms. The molecule has 1 heterocycles. The minimum absolute atomic E-state index is 0.487. The van der Waals surface area contributed by atoms with Gasteiger partial charge in [-0.1, -0.05) is 60.7 Å². The van der Waals surface area contributed by atoms with Crippen LogP contribution in [0.15, 0.2) is 54.6 Å². The van der Waals surface area contributed by atoms with Crippen molar-refractivity contribution in [3.05, 3.63) is 70.6 Å². The molecule has 102 valence electrons. The average Bonchev–Trinajstić information content (AvgIpc) is 2.49. The van der Waals surface area contributed by atoms with Crippen molar-refractivity contribution < 1.29 is 0 Å². The molecule has 1 atom stereocenters. The lowest BCUT2D eigenvalue weighted by Crippen LogP contribution is -2.40. The number of fused-ring (bicyclic) bond motifs is 1. The van der Waals surface area contributed by atoms with Gasteiger partial charge < -0.3 is 4.90 Å². The maximum Gasteiger partial charge on any atom is 0.0448 e. The molecule has 0 fully saturated rings. The zero-order valence-electron chi connectivity index (χ0n) is 12.0. The van der Waals surface area contributed by atoms with E-state index in [4.69, 9.17) is 0 Å². The summed E-state index contributed by atoms with van der Waals surface area (Å²) < 4.78 is 0. The van der Waals surface area contributed by atoms with E-state index in [1.165, 1.54) is 22.4 Å². The van der Waals surface area contributed by atoms with Crippen molar-refractivity contribution in [2.45, 2.75) is 25.8 Å². The van der Waals surface area contributed by atoms with Gasteiger partial charge in [-0.25, -0.2) is 0 Å². The number of aryl methyl sites for hydroxylation is 1. The molecule has 1 heteroatoms. The second-order valence-corrected chi connectivity index (χ2v) is 5.49. The van der Waals surface area contributed by atoms with Crippen molar-refractivity contribution in [3.8, 4) is 0 Å². The highest BCUT2D eigenvalue weighted by molar-refractivity contribution is 5.41. The molecule has 1 aliphatic heterocycles. The van der Waals surface area contributed by atoms with E-state index in [1.807, 2.05) is 0 Å². The van der Waals surface area contributed by atoms with E-state index >= 15 is 0 Å². The predicted octanol–water partition coefficient (Wildman–Crippen LogP) is 2.54. The van der Waals surface area contributed by atoms with Crippen LogP contribution >= 0.6 is 0 Å². The molecule has 20 heavy (non-hydrogen) atoms. The minimum atomic E-state index is 0.487. The van der Waals surface area contributed by atoms with Crippen molar-refractivity contribution in [1.29, 1.82) is 0 Å². The largest absolute Gasteiger partial charge is 0.371 e. The van der Waals surface area contributed by atoms with E-state index in [9.17, 15) is 0 Å². The van der Waals surface area contributed by atoms with Crippen LogP contribution in [0.5, 0.6) is 0 Å². The van der Waals surface area contributed by atoms with Crippen molar-refractivity contribution in [3.63, 3.8) is 0 Å². The average molecular weight is 263 g/mol. The molecule has 0 saturated heterocycles. The summed E-state index contributed by atoms with van der Waals surface area (Å²) in [7, 11) is 0. The van der Waals surface area contributed by atoms with Crippen LogP contribution in [-0.4, -0.2) is 17.5 Å². The fraction of sp³-hybridized carbons (Fsp3) is 0.263. The third-order valence-corrected chi connectivity index (χ3v) is 3.97. The van der Waals surface area contributed by atoms with Crippen LogP contribution in [0.2, 0.25) is 0 Å². The Balaban J connectivity index is 1.65. The molecule has 0 aromatic heterocycles. The smallest absolute Gasteiger partial charge is 0.0448 e. The molecule has 1 unspecified atom stereocenters. The lowest BCUT2D eigenvalue weighted by Gasteiger charge is -2.28. The fourth-order valence-corrected chi connectivity index (χ4v) is 2.81. The highest BCUT2D eigenvalue weighted by Gasteiger charge is 2.10. The Morgan fingerprint density at radius 1 is 0.900 bits per heavy atom. The molecule has 3 rings (SSSR count). The number of benzene rings is 2. The van der Waals surface area contributed by atoms with Gasteiger partial charge in [0.2, 0.25) is 0 Å². The van der Waals surface area contributed by atoms with Crippen LogP contribution < -0.4 is 10.4 Å². The zero-order chi connectivity index (χ0) is 13.8. The van der Waals surface area contributed by atoms with Crippen molar-refractivity contribution in [2.24, 2.45) is 0 Å². The maximum absolute atomic E-state index is 2.45. The third kappa shape index (κ3) is 2.93.